The van der Waals surface area contributed by atoms with Crippen LogP contribution in [0, 0.1) is 0 Å². The van der Waals surface area contributed by atoms with Gasteiger partial charge in [-0.25, -0.2) is 0 Å². The Balaban J connectivity index is 1.71. The third-order valence-electron chi connectivity index (χ3n) is 2.41. The van der Waals surface area contributed by atoms with E-state index in [2.05, 4.69) is 15.5 Å². The number of hydrogen-bond donors (Lipinski definition) is 2. The Morgan fingerprint density at radius 1 is 1.30 bits per heavy atom. The number of anilines is 1. The normalized spacial score (nSPS) is 10.2. The molecule has 6 nitrogen and oxygen atoms in total. The molecule has 0 saturated heterocycles. The van der Waals surface area contributed by atoms with E-state index in [-0.39, 0.29) is 6.42 Å². The minimum atomic E-state index is -0.835. The molecule has 0 aliphatic rings. The number of aliphatic carboxylic acids is 1. The zero-order valence-electron chi connectivity index (χ0n) is 10.8. The second-order valence-corrected chi connectivity index (χ2v) is 5.05. The Kier molecular flexibility index (Phi) is 5.31. The van der Waals surface area contributed by atoms with Crippen molar-refractivity contribution in [2.45, 2.75) is 12.8 Å². The highest BCUT2D eigenvalue weighted by Gasteiger charge is 2.05. The molecule has 0 saturated carbocycles. The Bertz CT molecular complexity index is 545. The summed E-state index contributed by atoms with van der Waals surface area (Å²) in [5.74, 6) is -0.00433. The minimum absolute atomic E-state index is 0.0615. The number of nitrogens with zero attached hydrogens (tertiary/aromatic N) is 2. The van der Waals surface area contributed by atoms with Crippen LogP contribution < -0.4 is 10.1 Å². The molecule has 0 aliphatic carbocycles. The quantitative estimate of drug-likeness (QED) is 0.775. The second kappa shape index (κ2) is 7.44. The molecular weight excluding hydrogens is 278 g/mol. The number of hydrogen-bond acceptors (Lipinski definition) is 6. The number of carbonyl (C=O) groups is 1. The topological polar surface area (TPSA) is 84.3 Å². The first-order chi connectivity index (χ1) is 9.74. The van der Waals surface area contributed by atoms with Gasteiger partial charge in [-0.1, -0.05) is 29.5 Å². The summed E-state index contributed by atoms with van der Waals surface area (Å²) in [6, 6.07) is 9.58. The highest BCUT2D eigenvalue weighted by Crippen LogP contribution is 2.16. The van der Waals surface area contributed by atoms with Crippen molar-refractivity contribution in [2.24, 2.45) is 0 Å². The summed E-state index contributed by atoms with van der Waals surface area (Å²) < 4.78 is 5.57. The SMILES string of the molecule is O=C(O)CCNc1nnc(CCOc2ccccc2)s1. The molecule has 2 aromatic rings. The summed E-state index contributed by atoms with van der Waals surface area (Å²) in [6.07, 6.45) is 0.735. The Morgan fingerprint density at radius 3 is 2.85 bits per heavy atom. The van der Waals surface area contributed by atoms with E-state index in [4.69, 9.17) is 9.84 Å². The van der Waals surface area contributed by atoms with Gasteiger partial charge in [0, 0.05) is 13.0 Å². The number of aromatic nitrogens is 2. The highest BCUT2D eigenvalue weighted by molar-refractivity contribution is 7.15. The van der Waals surface area contributed by atoms with Crippen LogP contribution in [0.5, 0.6) is 5.75 Å². The standard InChI is InChI=1S/C13H15N3O3S/c17-12(18)6-8-14-13-16-15-11(20-13)7-9-19-10-4-2-1-3-5-10/h1-5H,6-9H2,(H,14,16)(H,17,18). The Morgan fingerprint density at radius 2 is 2.10 bits per heavy atom. The first-order valence-corrected chi connectivity index (χ1v) is 7.01. The molecule has 0 radical (unpaired) electrons. The van der Waals surface area contributed by atoms with E-state index >= 15 is 0 Å². The zero-order valence-corrected chi connectivity index (χ0v) is 11.6. The van der Waals surface area contributed by atoms with Crippen LogP contribution in [0.3, 0.4) is 0 Å². The Labute approximate surface area is 120 Å². The summed E-state index contributed by atoms with van der Waals surface area (Å²) in [5.41, 5.74) is 0. The van der Waals surface area contributed by atoms with Crippen LogP contribution in [-0.4, -0.2) is 34.4 Å². The molecule has 20 heavy (non-hydrogen) atoms. The second-order valence-electron chi connectivity index (χ2n) is 3.98. The van der Waals surface area contributed by atoms with Crippen LogP contribution in [0.4, 0.5) is 5.13 Å². The van der Waals surface area contributed by atoms with Gasteiger partial charge >= 0.3 is 5.97 Å². The predicted molar refractivity (Wildman–Crippen MR) is 76.3 cm³/mol. The molecule has 0 unspecified atom stereocenters. The van der Waals surface area contributed by atoms with Gasteiger partial charge in [-0.15, -0.1) is 10.2 Å². The fourth-order valence-electron chi connectivity index (χ4n) is 1.48. The number of carboxylic acid groups (broad SMARTS) is 1. The van der Waals surface area contributed by atoms with E-state index in [1.165, 1.54) is 11.3 Å². The van der Waals surface area contributed by atoms with Gasteiger partial charge in [0.25, 0.3) is 0 Å². The summed E-state index contributed by atoms with van der Waals surface area (Å²) in [5, 5.41) is 20.9. The number of rotatable bonds is 8. The van der Waals surface area contributed by atoms with Crippen molar-refractivity contribution in [3.63, 3.8) is 0 Å². The molecule has 2 rings (SSSR count). The molecule has 0 bridgehead atoms. The van der Waals surface area contributed by atoms with Gasteiger partial charge in [0.15, 0.2) is 0 Å². The lowest BCUT2D eigenvalue weighted by Gasteiger charge is -2.03. The van der Waals surface area contributed by atoms with E-state index < -0.39 is 5.97 Å². The fraction of sp³-hybridized carbons (Fsp3) is 0.308. The number of ether oxygens (including phenoxy) is 1. The van der Waals surface area contributed by atoms with Gasteiger partial charge in [-0.05, 0) is 12.1 Å². The van der Waals surface area contributed by atoms with Crippen molar-refractivity contribution in [3.05, 3.63) is 35.3 Å². The van der Waals surface area contributed by atoms with Crippen molar-refractivity contribution < 1.29 is 14.6 Å². The third kappa shape index (κ3) is 4.85. The number of carboxylic acids is 1. The van der Waals surface area contributed by atoms with Crippen LogP contribution in [-0.2, 0) is 11.2 Å². The molecule has 0 aliphatic heterocycles. The number of nitrogens with one attached hydrogen (secondary N) is 1. The van der Waals surface area contributed by atoms with Crippen LogP contribution in [0.1, 0.15) is 11.4 Å². The molecule has 1 heterocycles. The van der Waals surface area contributed by atoms with Crippen LogP contribution in [0.15, 0.2) is 30.3 Å². The van der Waals surface area contributed by atoms with Gasteiger partial charge in [0.1, 0.15) is 10.8 Å². The molecule has 1 aromatic carbocycles. The van der Waals surface area contributed by atoms with Gasteiger partial charge in [0.2, 0.25) is 5.13 Å². The van der Waals surface area contributed by atoms with Gasteiger partial charge < -0.3 is 15.2 Å². The molecule has 0 amide bonds. The average Bonchev–Trinajstić information content (AvgIpc) is 2.87. The largest absolute Gasteiger partial charge is 0.493 e. The summed E-state index contributed by atoms with van der Waals surface area (Å²) in [7, 11) is 0. The van der Waals surface area contributed by atoms with Crippen LogP contribution in [0.25, 0.3) is 0 Å². The van der Waals surface area contributed by atoms with E-state index in [0.29, 0.717) is 24.7 Å². The molecular formula is C13H15N3O3S. The minimum Gasteiger partial charge on any atom is -0.493 e. The lowest BCUT2D eigenvalue weighted by Crippen LogP contribution is -2.07. The summed E-state index contributed by atoms with van der Waals surface area (Å²) >= 11 is 1.41. The molecule has 0 atom stereocenters. The average molecular weight is 293 g/mol. The molecule has 106 valence electrons. The maximum atomic E-state index is 10.4. The predicted octanol–water partition coefficient (Wildman–Crippen LogP) is 2.05. The lowest BCUT2D eigenvalue weighted by molar-refractivity contribution is -0.136. The molecule has 2 N–H and O–H groups in total. The van der Waals surface area contributed by atoms with E-state index in [1.807, 2.05) is 30.3 Å². The first-order valence-electron chi connectivity index (χ1n) is 6.20. The maximum Gasteiger partial charge on any atom is 0.305 e. The van der Waals surface area contributed by atoms with E-state index in [1.54, 1.807) is 0 Å². The Hall–Kier alpha value is -2.15. The van der Waals surface area contributed by atoms with Crippen LogP contribution >= 0.6 is 11.3 Å². The molecule has 0 fully saturated rings. The molecule has 7 heteroatoms. The van der Waals surface area contributed by atoms with Crippen molar-refractivity contribution in [2.75, 3.05) is 18.5 Å². The van der Waals surface area contributed by atoms with Gasteiger partial charge in [-0.2, -0.15) is 0 Å². The lowest BCUT2D eigenvalue weighted by atomic mass is 10.3. The van der Waals surface area contributed by atoms with Crippen molar-refractivity contribution in [1.29, 1.82) is 0 Å². The van der Waals surface area contributed by atoms with Crippen LogP contribution in [0.2, 0.25) is 0 Å². The van der Waals surface area contributed by atoms with Crippen molar-refractivity contribution in [3.8, 4) is 5.75 Å². The summed E-state index contributed by atoms with van der Waals surface area (Å²) in [6.45, 7) is 0.887. The summed E-state index contributed by atoms with van der Waals surface area (Å²) in [4.78, 5) is 10.4. The number of para-hydroxylation sites is 1. The monoisotopic (exact) mass is 293 g/mol. The third-order valence-corrected chi connectivity index (χ3v) is 3.35. The smallest absolute Gasteiger partial charge is 0.305 e. The first kappa shape index (κ1) is 14.3. The van der Waals surface area contributed by atoms with Crippen molar-refractivity contribution in [1.82, 2.24) is 10.2 Å². The van der Waals surface area contributed by atoms with E-state index in [0.717, 1.165) is 10.8 Å². The van der Waals surface area contributed by atoms with Gasteiger partial charge in [0.05, 0.1) is 13.0 Å². The fourth-order valence-corrected chi connectivity index (χ4v) is 2.22. The highest BCUT2D eigenvalue weighted by atomic mass is 32.1. The number of benzene rings is 1. The maximum absolute atomic E-state index is 10.4. The van der Waals surface area contributed by atoms with Crippen molar-refractivity contribution >= 4 is 22.4 Å². The molecule has 0 spiro atoms. The zero-order chi connectivity index (χ0) is 14.2. The molecule has 1 aromatic heterocycles. The van der Waals surface area contributed by atoms with Gasteiger partial charge in [-0.3, -0.25) is 4.79 Å². The van der Waals surface area contributed by atoms with E-state index in [9.17, 15) is 4.79 Å².